The van der Waals surface area contributed by atoms with Crippen LogP contribution < -0.4 is 10.2 Å². The first-order valence-corrected chi connectivity index (χ1v) is 11.3. The second-order valence-electron chi connectivity index (χ2n) is 7.33. The maximum atomic E-state index is 13.4. The average molecular weight is 499 g/mol. The second-order valence-corrected chi connectivity index (χ2v) is 8.27. The minimum atomic E-state index is -4.63. The standard InChI is InChI=1S/C25H17F4N3O2S/c26-17-10-12-18(13-11-17)32-23(34)21(14-16-6-2-1-3-7-16)31-24(32)35-15-22(33)30-20-9-5-4-8-19(20)25(27,28)29/h1-14H,15H2,(H,30,33). The summed E-state index contributed by atoms with van der Waals surface area (Å²) < 4.78 is 53.1. The van der Waals surface area contributed by atoms with Gasteiger partial charge < -0.3 is 5.32 Å². The number of alkyl halides is 3. The van der Waals surface area contributed by atoms with Gasteiger partial charge in [-0.1, -0.05) is 54.2 Å². The molecule has 0 atom stereocenters. The predicted molar refractivity (Wildman–Crippen MR) is 128 cm³/mol. The summed E-state index contributed by atoms with van der Waals surface area (Å²) in [5.41, 5.74) is -0.165. The first-order valence-electron chi connectivity index (χ1n) is 10.3. The molecule has 1 heterocycles. The van der Waals surface area contributed by atoms with Gasteiger partial charge in [0.05, 0.1) is 22.7 Å². The van der Waals surface area contributed by atoms with E-state index < -0.39 is 29.4 Å². The van der Waals surface area contributed by atoms with E-state index in [9.17, 15) is 27.2 Å². The fraction of sp³-hybridized carbons (Fsp3) is 0.0800. The Morgan fingerprint density at radius 3 is 2.31 bits per heavy atom. The zero-order chi connectivity index (χ0) is 25.0. The van der Waals surface area contributed by atoms with E-state index in [0.717, 1.165) is 29.5 Å². The zero-order valence-electron chi connectivity index (χ0n) is 17.9. The van der Waals surface area contributed by atoms with Gasteiger partial charge in [0.15, 0.2) is 5.17 Å². The highest BCUT2D eigenvalue weighted by molar-refractivity contribution is 8.14. The summed E-state index contributed by atoms with van der Waals surface area (Å²) in [5.74, 6) is -1.99. The van der Waals surface area contributed by atoms with Crippen molar-refractivity contribution in [2.24, 2.45) is 4.99 Å². The normalized spacial score (nSPS) is 14.9. The molecule has 0 fully saturated rings. The Morgan fingerprint density at radius 1 is 0.971 bits per heavy atom. The summed E-state index contributed by atoms with van der Waals surface area (Å²) in [7, 11) is 0. The number of amidine groups is 1. The van der Waals surface area contributed by atoms with Crippen molar-refractivity contribution in [1.82, 2.24) is 0 Å². The molecule has 0 aromatic heterocycles. The molecule has 1 aliphatic heterocycles. The van der Waals surface area contributed by atoms with Crippen LogP contribution in [0.25, 0.3) is 6.08 Å². The van der Waals surface area contributed by atoms with Crippen LogP contribution in [0.3, 0.4) is 0 Å². The van der Waals surface area contributed by atoms with E-state index in [0.29, 0.717) is 5.69 Å². The number of carbonyl (C=O) groups excluding carboxylic acids is 2. The number of nitrogens with zero attached hydrogens (tertiary/aromatic N) is 2. The van der Waals surface area contributed by atoms with Crippen LogP contribution in [0.15, 0.2) is 89.6 Å². The molecule has 5 nitrogen and oxygen atoms in total. The largest absolute Gasteiger partial charge is 0.418 e. The maximum absolute atomic E-state index is 13.4. The fourth-order valence-electron chi connectivity index (χ4n) is 3.27. The Bertz CT molecular complexity index is 1310. The molecule has 0 saturated carbocycles. The number of hydrogen-bond donors (Lipinski definition) is 1. The Balaban J connectivity index is 1.56. The third-order valence-electron chi connectivity index (χ3n) is 4.86. The number of rotatable bonds is 5. The van der Waals surface area contributed by atoms with Gasteiger partial charge >= 0.3 is 6.18 Å². The average Bonchev–Trinajstić information content (AvgIpc) is 3.13. The summed E-state index contributed by atoms with van der Waals surface area (Å²) in [5, 5.41) is 2.40. The molecule has 0 aliphatic carbocycles. The molecular formula is C25H17F4N3O2S. The lowest BCUT2D eigenvalue weighted by Gasteiger charge is -2.18. The molecule has 0 radical (unpaired) electrons. The Hall–Kier alpha value is -3.92. The Labute approximate surface area is 202 Å². The van der Waals surface area contributed by atoms with Crippen LogP contribution in [0.5, 0.6) is 0 Å². The van der Waals surface area contributed by atoms with E-state index in [-0.39, 0.29) is 22.3 Å². The molecule has 0 spiro atoms. The van der Waals surface area contributed by atoms with Crippen molar-refractivity contribution in [3.63, 3.8) is 0 Å². The molecule has 0 unspecified atom stereocenters. The quantitative estimate of drug-likeness (QED) is 0.348. The lowest BCUT2D eigenvalue weighted by atomic mass is 10.1. The molecule has 1 N–H and O–H groups in total. The highest BCUT2D eigenvalue weighted by Crippen LogP contribution is 2.35. The smallest absolute Gasteiger partial charge is 0.325 e. The molecule has 0 saturated heterocycles. The minimum Gasteiger partial charge on any atom is -0.325 e. The molecular weight excluding hydrogens is 482 g/mol. The minimum absolute atomic E-state index is 0.103. The molecule has 10 heteroatoms. The highest BCUT2D eigenvalue weighted by atomic mass is 32.2. The van der Waals surface area contributed by atoms with Crippen molar-refractivity contribution in [3.8, 4) is 0 Å². The summed E-state index contributed by atoms with van der Waals surface area (Å²) in [6.45, 7) is 0. The van der Waals surface area contributed by atoms with Crippen molar-refractivity contribution < 1.29 is 27.2 Å². The van der Waals surface area contributed by atoms with E-state index in [4.69, 9.17) is 0 Å². The molecule has 35 heavy (non-hydrogen) atoms. The number of anilines is 2. The van der Waals surface area contributed by atoms with Crippen molar-refractivity contribution in [1.29, 1.82) is 0 Å². The number of halogens is 4. The summed E-state index contributed by atoms with van der Waals surface area (Å²) in [4.78, 5) is 31.2. The van der Waals surface area contributed by atoms with E-state index in [1.807, 2.05) is 6.07 Å². The number of hydrogen-bond acceptors (Lipinski definition) is 4. The van der Waals surface area contributed by atoms with Gasteiger partial charge in [-0.05, 0) is 48.0 Å². The van der Waals surface area contributed by atoms with Crippen LogP contribution in [0.4, 0.5) is 28.9 Å². The Kier molecular flexibility index (Phi) is 7.02. The number of thioether (sulfide) groups is 1. The van der Waals surface area contributed by atoms with Gasteiger partial charge in [0.25, 0.3) is 5.91 Å². The number of aliphatic imine (C=N–C) groups is 1. The maximum Gasteiger partial charge on any atom is 0.418 e. The summed E-state index contributed by atoms with van der Waals surface area (Å²) in [6, 6.07) is 18.8. The van der Waals surface area contributed by atoms with Gasteiger partial charge in [-0.25, -0.2) is 9.38 Å². The molecule has 3 aromatic carbocycles. The van der Waals surface area contributed by atoms with Crippen LogP contribution in [-0.2, 0) is 15.8 Å². The van der Waals surface area contributed by atoms with Crippen LogP contribution >= 0.6 is 11.8 Å². The van der Waals surface area contributed by atoms with Gasteiger partial charge in [-0.2, -0.15) is 13.2 Å². The zero-order valence-corrected chi connectivity index (χ0v) is 18.7. The van der Waals surface area contributed by atoms with Crippen LogP contribution in [0, 0.1) is 5.82 Å². The Morgan fingerprint density at radius 2 is 1.63 bits per heavy atom. The van der Waals surface area contributed by atoms with Gasteiger partial charge in [0.1, 0.15) is 11.5 Å². The lowest BCUT2D eigenvalue weighted by molar-refractivity contribution is -0.137. The van der Waals surface area contributed by atoms with Crippen molar-refractivity contribution in [2.45, 2.75) is 6.18 Å². The van der Waals surface area contributed by atoms with E-state index in [2.05, 4.69) is 10.3 Å². The number of nitrogens with one attached hydrogen (secondary N) is 1. The monoisotopic (exact) mass is 499 g/mol. The number of para-hydroxylation sites is 1. The van der Waals surface area contributed by atoms with E-state index in [1.54, 1.807) is 30.3 Å². The predicted octanol–water partition coefficient (Wildman–Crippen LogP) is 5.96. The lowest BCUT2D eigenvalue weighted by Crippen LogP contribution is -2.31. The van der Waals surface area contributed by atoms with Crippen molar-refractivity contribution in [3.05, 3.63) is 102 Å². The topological polar surface area (TPSA) is 61.8 Å². The van der Waals surface area contributed by atoms with Crippen LogP contribution in [-0.4, -0.2) is 22.7 Å². The number of benzene rings is 3. The van der Waals surface area contributed by atoms with Crippen LogP contribution in [0.2, 0.25) is 0 Å². The first-order chi connectivity index (χ1) is 16.7. The van der Waals surface area contributed by atoms with Crippen LogP contribution in [0.1, 0.15) is 11.1 Å². The molecule has 1 aliphatic rings. The van der Waals surface area contributed by atoms with Crippen molar-refractivity contribution >= 4 is 46.2 Å². The van der Waals surface area contributed by atoms with E-state index in [1.165, 1.54) is 41.3 Å². The number of amides is 2. The summed E-state index contributed by atoms with van der Waals surface area (Å²) >= 11 is 0.877. The van der Waals surface area contributed by atoms with E-state index >= 15 is 0 Å². The van der Waals surface area contributed by atoms with Gasteiger partial charge in [-0.3, -0.25) is 14.5 Å². The molecule has 0 bridgehead atoms. The SMILES string of the molecule is O=C(CSC1=NC(=Cc2ccccc2)C(=O)N1c1ccc(F)cc1)Nc1ccccc1C(F)(F)F. The highest BCUT2D eigenvalue weighted by Gasteiger charge is 2.34. The van der Waals surface area contributed by atoms with Crippen molar-refractivity contribution in [2.75, 3.05) is 16.0 Å². The second kappa shape index (κ2) is 10.1. The molecule has 178 valence electrons. The summed E-state index contributed by atoms with van der Waals surface area (Å²) in [6.07, 6.45) is -3.05. The third-order valence-corrected chi connectivity index (χ3v) is 5.79. The molecule has 3 aromatic rings. The van der Waals surface area contributed by atoms with Gasteiger partial charge in [-0.15, -0.1) is 0 Å². The molecule has 2 amide bonds. The third kappa shape index (κ3) is 5.78. The van der Waals surface area contributed by atoms with Gasteiger partial charge in [0.2, 0.25) is 5.91 Å². The van der Waals surface area contributed by atoms with Gasteiger partial charge in [0, 0.05) is 0 Å². The first kappa shape index (κ1) is 24.2. The molecule has 4 rings (SSSR count). The number of carbonyl (C=O) groups is 2. The fourth-order valence-corrected chi connectivity index (χ4v) is 4.09.